The van der Waals surface area contributed by atoms with Crippen LogP contribution in [0.4, 0.5) is 10.1 Å². The standard InChI is InChI=1S/C20H23FN2O2S/c1-3-23(4-2)20(25)15-9-11-16(12-10-15)22-19(24)13-14-26-18-8-6-5-7-17(18)21/h5-12H,3-4,13-14H2,1-2H3,(H,22,24). The van der Waals surface area contributed by atoms with Crippen molar-refractivity contribution >= 4 is 29.3 Å². The topological polar surface area (TPSA) is 49.4 Å². The summed E-state index contributed by atoms with van der Waals surface area (Å²) < 4.78 is 13.5. The minimum absolute atomic E-state index is 0.0193. The van der Waals surface area contributed by atoms with Crippen LogP contribution in [0.25, 0.3) is 0 Å². The summed E-state index contributed by atoms with van der Waals surface area (Å²) in [5, 5.41) is 2.80. The van der Waals surface area contributed by atoms with Gasteiger partial charge in [-0.05, 0) is 50.2 Å². The van der Waals surface area contributed by atoms with Gasteiger partial charge in [-0.3, -0.25) is 9.59 Å². The monoisotopic (exact) mass is 374 g/mol. The number of amides is 2. The lowest BCUT2D eigenvalue weighted by Crippen LogP contribution is -2.30. The van der Waals surface area contributed by atoms with Gasteiger partial charge in [-0.1, -0.05) is 12.1 Å². The molecule has 2 aromatic carbocycles. The Hall–Kier alpha value is -2.34. The summed E-state index contributed by atoms with van der Waals surface area (Å²) >= 11 is 1.31. The van der Waals surface area contributed by atoms with E-state index in [4.69, 9.17) is 0 Å². The molecular formula is C20H23FN2O2S. The maximum atomic E-state index is 13.5. The van der Waals surface area contributed by atoms with Crippen LogP contribution in [0.2, 0.25) is 0 Å². The highest BCUT2D eigenvalue weighted by Crippen LogP contribution is 2.22. The first-order chi connectivity index (χ1) is 12.5. The summed E-state index contributed by atoms with van der Waals surface area (Å²) in [5.41, 5.74) is 1.24. The van der Waals surface area contributed by atoms with Crippen molar-refractivity contribution in [1.82, 2.24) is 4.90 Å². The molecule has 138 valence electrons. The molecule has 0 radical (unpaired) electrons. The van der Waals surface area contributed by atoms with Crippen LogP contribution in [0.3, 0.4) is 0 Å². The highest BCUT2D eigenvalue weighted by atomic mass is 32.2. The van der Waals surface area contributed by atoms with E-state index in [9.17, 15) is 14.0 Å². The van der Waals surface area contributed by atoms with Gasteiger partial charge in [0.15, 0.2) is 0 Å². The second-order valence-corrected chi connectivity index (χ2v) is 6.77. The first kappa shape index (κ1) is 20.0. The smallest absolute Gasteiger partial charge is 0.253 e. The van der Waals surface area contributed by atoms with Crippen molar-refractivity contribution in [3.8, 4) is 0 Å². The van der Waals surface area contributed by atoms with E-state index in [0.717, 1.165) is 0 Å². The second kappa shape index (κ2) is 9.97. The van der Waals surface area contributed by atoms with Crippen molar-refractivity contribution in [2.24, 2.45) is 0 Å². The summed E-state index contributed by atoms with van der Waals surface area (Å²) in [7, 11) is 0. The number of hydrogen-bond donors (Lipinski definition) is 1. The van der Waals surface area contributed by atoms with Gasteiger partial charge in [-0.2, -0.15) is 0 Å². The number of rotatable bonds is 8. The predicted molar refractivity (Wildman–Crippen MR) is 104 cm³/mol. The van der Waals surface area contributed by atoms with Crippen molar-refractivity contribution in [2.75, 3.05) is 24.2 Å². The number of hydrogen-bond acceptors (Lipinski definition) is 3. The Balaban J connectivity index is 1.83. The third-order valence-electron chi connectivity index (χ3n) is 3.89. The van der Waals surface area contributed by atoms with Crippen molar-refractivity contribution < 1.29 is 14.0 Å². The fourth-order valence-corrected chi connectivity index (χ4v) is 3.32. The minimum Gasteiger partial charge on any atom is -0.339 e. The van der Waals surface area contributed by atoms with Crippen LogP contribution in [-0.4, -0.2) is 35.6 Å². The molecule has 6 heteroatoms. The first-order valence-electron chi connectivity index (χ1n) is 8.61. The molecule has 1 N–H and O–H groups in total. The van der Waals surface area contributed by atoms with Crippen LogP contribution < -0.4 is 5.32 Å². The second-order valence-electron chi connectivity index (χ2n) is 5.63. The maximum Gasteiger partial charge on any atom is 0.253 e. The van der Waals surface area contributed by atoms with Crippen LogP contribution in [-0.2, 0) is 4.79 Å². The molecule has 0 fully saturated rings. The van der Waals surface area contributed by atoms with Crippen LogP contribution in [0.5, 0.6) is 0 Å². The van der Waals surface area contributed by atoms with Gasteiger partial charge in [0.05, 0.1) is 0 Å². The van der Waals surface area contributed by atoms with Gasteiger partial charge in [0.2, 0.25) is 5.91 Å². The summed E-state index contributed by atoms with van der Waals surface area (Å²) in [4.78, 5) is 26.5. The van der Waals surface area contributed by atoms with E-state index in [1.807, 2.05) is 13.8 Å². The van der Waals surface area contributed by atoms with E-state index >= 15 is 0 Å². The molecule has 0 unspecified atom stereocenters. The number of thioether (sulfide) groups is 1. The molecule has 0 heterocycles. The zero-order valence-corrected chi connectivity index (χ0v) is 15.8. The summed E-state index contributed by atoms with van der Waals surface area (Å²) in [6.45, 7) is 5.20. The molecule has 0 aliphatic carbocycles. The average Bonchev–Trinajstić information content (AvgIpc) is 2.65. The molecule has 2 amide bonds. The molecule has 0 bridgehead atoms. The Morgan fingerprint density at radius 2 is 1.69 bits per heavy atom. The highest BCUT2D eigenvalue weighted by Gasteiger charge is 2.12. The molecule has 2 aromatic rings. The zero-order chi connectivity index (χ0) is 18.9. The third-order valence-corrected chi connectivity index (χ3v) is 4.94. The zero-order valence-electron chi connectivity index (χ0n) is 15.0. The van der Waals surface area contributed by atoms with Gasteiger partial charge < -0.3 is 10.2 Å². The van der Waals surface area contributed by atoms with Crippen molar-refractivity contribution in [2.45, 2.75) is 25.2 Å². The minimum atomic E-state index is -0.272. The fraction of sp³-hybridized carbons (Fsp3) is 0.300. The lowest BCUT2D eigenvalue weighted by Gasteiger charge is -2.18. The predicted octanol–water partition coefficient (Wildman–Crippen LogP) is 4.43. The highest BCUT2D eigenvalue weighted by molar-refractivity contribution is 7.99. The van der Waals surface area contributed by atoms with Crippen LogP contribution in [0.15, 0.2) is 53.4 Å². The SMILES string of the molecule is CCN(CC)C(=O)c1ccc(NC(=O)CCSc2ccccc2F)cc1. The van der Waals surface area contributed by atoms with Crippen molar-refractivity contribution in [3.05, 3.63) is 59.9 Å². The Morgan fingerprint density at radius 1 is 1.04 bits per heavy atom. The van der Waals surface area contributed by atoms with E-state index in [1.165, 1.54) is 17.8 Å². The number of benzene rings is 2. The number of nitrogens with one attached hydrogen (secondary N) is 1. The van der Waals surface area contributed by atoms with Gasteiger partial charge >= 0.3 is 0 Å². The molecule has 0 aliphatic heterocycles. The van der Waals surface area contributed by atoms with Crippen LogP contribution >= 0.6 is 11.8 Å². The number of anilines is 1. The first-order valence-corrected chi connectivity index (χ1v) is 9.60. The third kappa shape index (κ3) is 5.59. The molecule has 26 heavy (non-hydrogen) atoms. The van der Waals surface area contributed by atoms with E-state index in [1.54, 1.807) is 47.4 Å². The summed E-state index contributed by atoms with van der Waals surface area (Å²) in [6.07, 6.45) is 0.277. The lowest BCUT2D eigenvalue weighted by molar-refractivity contribution is -0.115. The number of carbonyl (C=O) groups is 2. The van der Waals surface area contributed by atoms with Crippen LogP contribution in [0.1, 0.15) is 30.6 Å². The lowest BCUT2D eigenvalue weighted by atomic mass is 10.1. The molecule has 0 aliphatic rings. The Morgan fingerprint density at radius 3 is 2.31 bits per heavy atom. The molecule has 0 saturated heterocycles. The Kier molecular flexibility index (Phi) is 7.66. The number of carbonyl (C=O) groups excluding carboxylic acids is 2. The Labute approximate surface area is 157 Å². The quantitative estimate of drug-likeness (QED) is 0.696. The fourth-order valence-electron chi connectivity index (χ4n) is 2.43. The number of halogens is 1. The molecule has 2 rings (SSSR count). The van der Waals surface area contributed by atoms with E-state index < -0.39 is 0 Å². The van der Waals surface area contributed by atoms with Crippen molar-refractivity contribution in [3.63, 3.8) is 0 Å². The van der Waals surface area contributed by atoms with Crippen LogP contribution in [0, 0.1) is 5.82 Å². The normalized spacial score (nSPS) is 10.4. The summed E-state index contributed by atoms with van der Waals surface area (Å²) in [6, 6.07) is 13.4. The van der Waals surface area contributed by atoms with E-state index in [2.05, 4.69) is 5.32 Å². The summed E-state index contributed by atoms with van der Waals surface area (Å²) in [5.74, 6) is 0.0582. The van der Waals surface area contributed by atoms with E-state index in [-0.39, 0.29) is 24.1 Å². The molecule has 0 atom stereocenters. The van der Waals surface area contributed by atoms with Gasteiger partial charge in [-0.25, -0.2) is 4.39 Å². The number of nitrogens with zero attached hydrogens (tertiary/aromatic N) is 1. The molecule has 0 saturated carbocycles. The molecular weight excluding hydrogens is 351 g/mol. The molecule has 0 spiro atoms. The van der Waals surface area contributed by atoms with Gasteiger partial charge in [0, 0.05) is 41.4 Å². The van der Waals surface area contributed by atoms with Gasteiger partial charge in [0.1, 0.15) is 5.82 Å². The molecule has 4 nitrogen and oxygen atoms in total. The van der Waals surface area contributed by atoms with Crippen molar-refractivity contribution in [1.29, 1.82) is 0 Å². The van der Waals surface area contributed by atoms with Gasteiger partial charge in [-0.15, -0.1) is 11.8 Å². The largest absolute Gasteiger partial charge is 0.339 e. The average molecular weight is 374 g/mol. The van der Waals surface area contributed by atoms with Gasteiger partial charge in [0.25, 0.3) is 5.91 Å². The Bertz CT molecular complexity index is 746. The van der Waals surface area contributed by atoms with E-state index in [0.29, 0.717) is 35.0 Å². The molecule has 0 aromatic heterocycles. The maximum absolute atomic E-state index is 13.5.